The van der Waals surface area contributed by atoms with Crippen molar-refractivity contribution in [1.82, 2.24) is 20.3 Å². The molecule has 0 aromatic heterocycles. The number of carbonyl (C=O) groups excluding carboxylic acids is 3. The van der Waals surface area contributed by atoms with Gasteiger partial charge >= 0.3 is 6.03 Å². The van der Waals surface area contributed by atoms with Gasteiger partial charge in [-0.2, -0.15) is 4.31 Å². The summed E-state index contributed by atoms with van der Waals surface area (Å²) in [7, 11) is -3.42. The van der Waals surface area contributed by atoms with E-state index in [1.54, 1.807) is 38.1 Å². The summed E-state index contributed by atoms with van der Waals surface area (Å²) in [6, 6.07) is 5.77. The molecule has 158 valence electrons. The van der Waals surface area contributed by atoms with Crippen LogP contribution in [0.15, 0.2) is 24.3 Å². The number of carbonyl (C=O) groups is 3. The van der Waals surface area contributed by atoms with Gasteiger partial charge in [-0.05, 0) is 37.3 Å². The number of urea groups is 1. The number of amides is 4. The van der Waals surface area contributed by atoms with Crippen LogP contribution in [0.5, 0.6) is 0 Å². The van der Waals surface area contributed by atoms with Crippen LogP contribution in [0.25, 0.3) is 0 Å². The molecule has 4 amide bonds. The fraction of sp³-hybridized carbons (Fsp3) is 0.526. The number of nitrogens with one attached hydrogen (secondary N) is 3. The van der Waals surface area contributed by atoms with Crippen molar-refractivity contribution in [3.05, 3.63) is 35.4 Å². The zero-order valence-corrected chi connectivity index (χ0v) is 17.3. The predicted molar refractivity (Wildman–Crippen MR) is 106 cm³/mol. The molecule has 29 heavy (non-hydrogen) atoms. The van der Waals surface area contributed by atoms with Crippen molar-refractivity contribution >= 4 is 27.9 Å². The first-order valence-corrected chi connectivity index (χ1v) is 11.3. The van der Waals surface area contributed by atoms with Gasteiger partial charge in [-0.25, -0.2) is 13.2 Å². The van der Waals surface area contributed by atoms with E-state index in [0.717, 1.165) is 5.56 Å². The number of benzene rings is 1. The van der Waals surface area contributed by atoms with Gasteiger partial charge in [0.25, 0.3) is 5.91 Å². The molecule has 3 N–H and O–H groups in total. The normalized spacial score (nSPS) is 25.0. The van der Waals surface area contributed by atoms with E-state index in [1.165, 1.54) is 4.31 Å². The molecule has 2 atom stereocenters. The molecule has 2 heterocycles. The molecular weight excluding hydrogens is 396 g/mol. The highest BCUT2D eigenvalue weighted by molar-refractivity contribution is 7.89. The first-order chi connectivity index (χ1) is 13.7. The van der Waals surface area contributed by atoms with E-state index in [0.29, 0.717) is 31.4 Å². The van der Waals surface area contributed by atoms with Gasteiger partial charge in [0.2, 0.25) is 15.9 Å². The predicted octanol–water partition coefficient (Wildman–Crippen LogP) is 0.562. The topological polar surface area (TPSA) is 125 Å². The maximum Gasteiger partial charge on any atom is 0.322 e. The number of rotatable bonds is 7. The largest absolute Gasteiger partial charge is 0.351 e. The number of nitrogens with zero attached hydrogens (tertiary/aromatic N) is 1. The van der Waals surface area contributed by atoms with Crippen LogP contribution in [0, 0.1) is 0 Å². The summed E-state index contributed by atoms with van der Waals surface area (Å²) in [5, 5.41) is 7.62. The first-order valence-electron chi connectivity index (χ1n) is 9.67. The quantitative estimate of drug-likeness (QED) is 0.554. The molecule has 0 aliphatic carbocycles. The third kappa shape index (κ3) is 4.27. The van der Waals surface area contributed by atoms with Gasteiger partial charge in [0.05, 0.1) is 5.75 Å². The average molecular weight is 423 g/mol. The summed E-state index contributed by atoms with van der Waals surface area (Å²) in [5.41, 5.74) is 0.302. The molecule has 2 fully saturated rings. The van der Waals surface area contributed by atoms with Crippen molar-refractivity contribution in [2.45, 2.75) is 51.2 Å². The minimum absolute atomic E-state index is 0.0428. The maximum absolute atomic E-state index is 12.6. The minimum Gasteiger partial charge on any atom is -0.351 e. The van der Waals surface area contributed by atoms with Crippen molar-refractivity contribution in [3.63, 3.8) is 0 Å². The molecule has 0 spiro atoms. The summed E-state index contributed by atoms with van der Waals surface area (Å²) >= 11 is 0. The monoisotopic (exact) mass is 422 g/mol. The Bertz CT molecular complexity index is 915. The fourth-order valence-electron chi connectivity index (χ4n) is 3.72. The second kappa shape index (κ2) is 8.11. The van der Waals surface area contributed by atoms with Gasteiger partial charge < -0.3 is 10.6 Å². The van der Waals surface area contributed by atoms with E-state index in [-0.39, 0.29) is 18.2 Å². The summed E-state index contributed by atoms with van der Waals surface area (Å²) in [6.07, 6.45) is 1.69. The molecule has 0 unspecified atom stereocenters. The molecule has 0 saturated carbocycles. The third-order valence-corrected chi connectivity index (χ3v) is 7.44. The summed E-state index contributed by atoms with van der Waals surface area (Å²) in [6.45, 7) is 4.04. The number of sulfonamides is 1. The molecule has 2 aliphatic heterocycles. The molecule has 0 radical (unpaired) electrons. The first kappa shape index (κ1) is 21.3. The molecule has 1 aromatic rings. The van der Waals surface area contributed by atoms with Gasteiger partial charge in [0, 0.05) is 13.1 Å². The van der Waals surface area contributed by atoms with E-state index >= 15 is 0 Å². The second-order valence-corrected chi connectivity index (χ2v) is 9.57. The zero-order chi connectivity index (χ0) is 21.2. The van der Waals surface area contributed by atoms with Crippen LogP contribution in [0.4, 0.5) is 4.79 Å². The van der Waals surface area contributed by atoms with Crippen LogP contribution in [0.2, 0.25) is 0 Å². The Morgan fingerprint density at radius 1 is 1.28 bits per heavy atom. The van der Waals surface area contributed by atoms with E-state index in [2.05, 4.69) is 16.0 Å². The molecule has 1 aromatic carbocycles. The molecule has 2 saturated heterocycles. The van der Waals surface area contributed by atoms with Crippen LogP contribution in [-0.4, -0.2) is 48.9 Å². The lowest BCUT2D eigenvalue weighted by atomic mass is 9.91. The molecular formula is C19H26N4O5S. The SMILES string of the molecule is CCCS(=O)(=O)N1CCC[C@H]1C(=O)NCc1ccc([C@@]2(C)NC(=O)NC2=O)cc1. The third-order valence-electron chi connectivity index (χ3n) is 5.37. The summed E-state index contributed by atoms with van der Waals surface area (Å²) in [5.74, 6) is -0.681. The van der Waals surface area contributed by atoms with Crippen LogP contribution in [-0.2, 0) is 31.7 Å². The summed E-state index contributed by atoms with van der Waals surface area (Å²) in [4.78, 5) is 36.0. The lowest BCUT2D eigenvalue weighted by molar-refractivity contribution is -0.124. The highest BCUT2D eigenvalue weighted by Gasteiger charge is 2.43. The average Bonchev–Trinajstić information content (AvgIpc) is 3.26. The van der Waals surface area contributed by atoms with E-state index in [4.69, 9.17) is 0 Å². The lowest BCUT2D eigenvalue weighted by Crippen LogP contribution is -2.46. The molecule has 9 nitrogen and oxygen atoms in total. The van der Waals surface area contributed by atoms with Crippen molar-refractivity contribution in [2.24, 2.45) is 0 Å². The van der Waals surface area contributed by atoms with Gasteiger partial charge in [0.1, 0.15) is 11.6 Å². The maximum atomic E-state index is 12.6. The zero-order valence-electron chi connectivity index (χ0n) is 16.5. The minimum atomic E-state index is -3.42. The van der Waals surface area contributed by atoms with E-state index in [9.17, 15) is 22.8 Å². The number of hydrogen-bond donors (Lipinski definition) is 3. The van der Waals surface area contributed by atoms with Crippen LogP contribution in [0.3, 0.4) is 0 Å². The second-order valence-electron chi connectivity index (χ2n) is 7.53. The smallest absolute Gasteiger partial charge is 0.322 e. The molecule has 2 aliphatic rings. The highest BCUT2D eigenvalue weighted by Crippen LogP contribution is 2.25. The Labute approximate surface area is 170 Å². The van der Waals surface area contributed by atoms with Gasteiger partial charge in [-0.3, -0.25) is 14.9 Å². The summed E-state index contributed by atoms with van der Waals surface area (Å²) < 4.78 is 26.0. The Morgan fingerprint density at radius 2 is 1.97 bits per heavy atom. The van der Waals surface area contributed by atoms with E-state index < -0.39 is 33.5 Å². The molecule has 3 rings (SSSR count). The lowest BCUT2D eigenvalue weighted by Gasteiger charge is -2.23. The van der Waals surface area contributed by atoms with Gasteiger partial charge in [0.15, 0.2) is 0 Å². The van der Waals surface area contributed by atoms with Crippen LogP contribution >= 0.6 is 0 Å². The van der Waals surface area contributed by atoms with Crippen molar-refractivity contribution in [2.75, 3.05) is 12.3 Å². The van der Waals surface area contributed by atoms with Gasteiger partial charge in [-0.15, -0.1) is 0 Å². The molecule has 10 heteroatoms. The van der Waals surface area contributed by atoms with Gasteiger partial charge in [-0.1, -0.05) is 31.2 Å². The molecule has 0 bridgehead atoms. The van der Waals surface area contributed by atoms with Crippen LogP contribution in [0.1, 0.15) is 44.2 Å². The Balaban J connectivity index is 1.62. The number of hydrogen-bond acceptors (Lipinski definition) is 5. The Morgan fingerprint density at radius 3 is 2.55 bits per heavy atom. The van der Waals surface area contributed by atoms with Crippen molar-refractivity contribution in [1.29, 1.82) is 0 Å². The van der Waals surface area contributed by atoms with Crippen molar-refractivity contribution in [3.8, 4) is 0 Å². The highest BCUT2D eigenvalue weighted by atomic mass is 32.2. The van der Waals surface area contributed by atoms with Crippen LogP contribution < -0.4 is 16.0 Å². The fourth-order valence-corrected chi connectivity index (χ4v) is 5.47. The van der Waals surface area contributed by atoms with Crippen molar-refractivity contribution < 1.29 is 22.8 Å². The Kier molecular flexibility index (Phi) is 5.95. The Hall–Kier alpha value is -2.46. The van der Waals surface area contributed by atoms with E-state index in [1.807, 2.05) is 0 Å². The standard InChI is InChI=1S/C19H26N4O5S/c1-3-11-29(27,28)23-10-4-5-15(23)16(24)20-12-13-6-8-14(9-7-13)19(2)17(25)21-18(26)22-19/h6-9,15H,3-5,10-12H2,1-2H3,(H,20,24)(H2,21,22,25,26)/t15-,19+/m0/s1. The number of imide groups is 1.